The van der Waals surface area contributed by atoms with Gasteiger partial charge in [0, 0.05) is 28.2 Å². The predicted octanol–water partition coefficient (Wildman–Crippen LogP) is 6.66. The van der Waals surface area contributed by atoms with Crippen LogP contribution in [0, 0.1) is 13.8 Å². The van der Waals surface area contributed by atoms with Gasteiger partial charge in [-0.05, 0) is 74.0 Å². The Morgan fingerprint density at radius 2 is 1.65 bits per heavy atom. The van der Waals surface area contributed by atoms with Crippen molar-refractivity contribution >= 4 is 17.1 Å². The van der Waals surface area contributed by atoms with Gasteiger partial charge in [-0.3, -0.25) is 4.79 Å². The van der Waals surface area contributed by atoms with Gasteiger partial charge in [0.15, 0.2) is 17.3 Å². The monoisotopic (exact) mass is 568 g/mol. The van der Waals surface area contributed by atoms with Gasteiger partial charge in [0.05, 0.1) is 17.1 Å². The van der Waals surface area contributed by atoms with Crippen LogP contribution in [0.2, 0.25) is 0 Å². The van der Waals surface area contributed by atoms with Crippen molar-refractivity contribution in [1.82, 2.24) is 14.2 Å². The van der Waals surface area contributed by atoms with Crippen molar-refractivity contribution < 1.29 is 14.2 Å². The first-order valence-electron chi connectivity index (χ1n) is 14.0. The van der Waals surface area contributed by atoms with Crippen LogP contribution in [0.15, 0.2) is 113 Å². The zero-order valence-electron chi connectivity index (χ0n) is 23.7. The smallest absolute Gasteiger partial charge is 0.282 e. The van der Waals surface area contributed by atoms with Gasteiger partial charge in [0.2, 0.25) is 6.79 Å². The van der Waals surface area contributed by atoms with Gasteiger partial charge in [0.1, 0.15) is 12.4 Å². The lowest BCUT2D eigenvalue weighted by molar-refractivity contribution is 0.174. The molecule has 0 saturated carbocycles. The van der Waals surface area contributed by atoms with E-state index < -0.39 is 0 Å². The zero-order valence-corrected chi connectivity index (χ0v) is 23.7. The molecule has 8 heteroatoms. The Labute approximate surface area is 248 Å². The molecule has 0 saturated heterocycles. The number of aromatic nitrogens is 3. The minimum atomic E-state index is -0.217. The molecular weight excluding hydrogens is 540 g/mol. The molecule has 0 bridgehead atoms. The van der Waals surface area contributed by atoms with E-state index in [0.717, 1.165) is 51.0 Å². The maximum absolute atomic E-state index is 13.5. The van der Waals surface area contributed by atoms with Gasteiger partial charge in [-0.15, -0.1) is 0 Å². The van der Waals surface area contributed by atoms with Gasteiger partial charge in [-0.1, -0.05) is 48.5 Å². The molecule has 0 fully saturated rings. The number of para-hydroxylation sites is 1. The summed E-state index contributed by atoms with van der Waals surface area (Å²) in [6, 6.07) is 32.8. The molecule has 4 aromatic carbocycles. The van der Waals surface area contributed by atoms with Crippen molar-refractivity contribution in [3.8, 4) is 34.3 Å². The van der Waals surface area contributed by atoms with Gasteiger partial charge in [0.25, 0.3) is 5.56 Å². The number of hydrogen-bond donors (Lipinski definition) is 0. The van der Waals surface area contributed by atoms with E-state index in [2.05, 4.69) is 15.7 Å². The predicted molar refractivity (Wildman–Crippen MR) is 167 cm³/mol. The number of hydrogen-bond acceptors (Lipinski definition) is 6. The highest BCUT2D eigenvalue weighted by molar-refractivity contribution is 5.83. The van der Waals surface area contributed by atoms with Gasteiger partial charge in [-0.25, -0.2) is 4.98 Å². The van der Waals surface area contributed by atoms with E-state index in [1.165, 1.54) is 4.68 Å². The Morgan fingerprint density at radius 1 is 0.884 bits per heavy atom. The number of aryl methyl sites for hydroxylation is 1. The lowest BCUT2D eigenvalue weighted by Gasteiger charge is -2.12. The third-order valence-corrected chi connectivity index (χ3v) is 7.51. The fourth-order valence-electron chi connectivity index (χ4n) is 5.33. The van der Waals surface area contributed by atoms with Crippen LogP contribution in [-0.2, 0) is 6.61 Å². The van der Waals surface area contributed by atoms with Crippen molar-refractivity contribution in [3.63, 3.8) is 0 Å². The summed E-state index contributed by atoms with van der Waals surface area (Å²) >= 11 is 0. The number of rotatable bonds is 7. The second-order valence-electron chi connectivity index (χ2n) is 10.3. The van der Waals surface area contributed by atoms with Crippen LogP contribution in [0.25, 0.3) is 28.0 Å². The van der Waals surface area contributed by atoms with E-state index in [9.17, 15) is 4.79 Å². The van der Waals surface area contributed by atoms with Crippen molar-refractivity contribution in [2.24, 2.45) is 5.10 Å². The summed E-state index contributed by atoms with van der Waals surface area (Å²) in [6.07, 6.45) is 1.73. The van der Waals surface area contributed by atoms with Crippen molar-refractivity contribution in [2.75, 3.05) is 6.79 Å². The maximum Gasteiger partial charge on any atom is 0.282 e. The van der Waals surface area contributed by atoms with Gasteiger partial charge < -0.3 is 18.8 Å². The molecule has 3 heterocycles. The van der Waals surface area contributed by atoms with Crippen molar-refractivity contribution in [1.29, 1.82) is 0 Å². The van der Waals surface area contributed by atoms with Crippen LogP contribution in [0.1, 0.15) is 22.5 Å². The van der Waals surface area contributed by atoms with E-state index in [1.807, 2.05) is 105 Å². The average molecular weight is 569 g/mol. The Hall–Kier alpha value is -5.63. The third kappa shape index (κ3) is 5.04. The highest BCUT2D eigenvalue weighted by atomic mass is 16.7. The molecule has 0 unspecified atom stereocenters. The Morgan fingerprint density at radius 3 is 2.49 bits per heavy atom. The van der Waals surface area contributed by atoms with Gasteiger partial charge >= 0.3 is 0 Å². The largest absolute Gasteiger partial charge is 0.489 e. The summed E-state index contributed by atoms with van der Waals surface area (Å²) < 4.78 is 20.4. The van der Waals surface area contributed by atoms with E-state index in [1.54, 1.807) is 12.3 Å². The van der Waals surface area contributed by atoms with Gasteiger partial charge in [-0.2, -0.15) is 9.78 Å². The Balaban J connectivity index is 1.16. The molecular formula is C35H28N4O4. The van der Waals surface area contributed by atoms with Crippen LogP contribution in [-0.4, -0.2) is 27.2 Å². The van der Waals surface area contributed by atoms with Crippen LogP contribution in [0.3, 0.4) is 0 Å². The van der Waals surface area contributed by atoms with Crippen LogP contribution in [0.4, 0.5) is 0 Å². The van der Waals surface area contributed by atoms with Crippen molar-refractivity contribution in [3.05, 3.63) is 136 Å². The van der Waals surface area contributed by atoms with Crippen LogP contribution >= 0.6 is 0 Å². The number of ether oxygens (including phenoxy) is 3. The second kappa shape index (κ2) is 11.0. The molecule has 0 aliphatic carbocycles. The van der Waals surface area contributed by atoms with Crippen LogP contribution in [0.5, 0.6) is 17.2 Å². The molecule has 2 aromatic heterocycles. The lowest BCUT2D eigenvalue weighted by atomic mass is 10.2. The molecule has 43 heavy (non-hydrogen) atoms. The molecule has 1 aliphatic rings. The molecule has 212 valence electrons. The summed E-state index contributed by atoms with van der Waals surface area (Å²) in [7, 11) is 0. The molecule has 0 N–H and O–H groups in total. The van der Waals surface area contributed by atoms with E-state index in [4.69, 9.17) is 19.2 Å². The summed E-state index contributed by atoms with van der Waals surface area (Å²) in [5.74, 6) is 2.76. The summed E-state index contributed by atoms with van der Waals surface area (Å²) in [5, 5.41) is 5.19. The van der Waals surface area contributed by atoms with Crippen molar-refractivity contribution in [2.45, 2.75) is 20.5 Å². The minimum absolute atomic E-state index is 0.217. The first kappa shape index (κ1) is 26.3. The molecule has 0 amide bonds. The average Bonchev–Trinajstić information content (AvgIpc) is 3.63. The maximum atomic E-state index is 13.5. The first-order chi connectivity index (χ1) is 21.0. The summed E-state index contributed by atoms with van der Waals surface area (Å²) in [4.78, 5) is 18.3. The number of nitrogens with zero attached hydrogens (tertiary/aromatic N) is 4. The zero-order chi connectivity index (χ0) is 29.3. The molecule has 7 rings (SSSR count). The minimum Gasteiger partial charge on any atom is -0.489 e. The second-order valence-corrected chi connectivity index (χ2v) is 10.3. The molecule has 6 aromatic rings. The highest BCUT2D eigenvalue weighted by Crippen LogP contribution is 2.33. The standard InChI is InChI=1S/C35H28N4O4/c1-23-18-27(20-36-39-34(26-8-4-3-5-9-26)37-31-11-7-6-10-30(31)35(39)40)24(2)38(23)28-13-15-29(16-14-28)41-21-25-12-17-32-33(19-25)43-22-42-32/h3-20H,21-22H2,1-2H3. The fraction of sp³-hybridized carbons (Fsp3) is 0.114. The topological polar surface area (TPSA) is 79.9 Å². The fourth-order valence-corrected chi connectivity index (χ4v) is 5.33. The first-order valence-corrected chi connectivity index (χ1v) is 14.0. The quantitative estimate of drug-likeness (QED) is 0.201. The Kier molecular flexibility index (Phi) is 6.71. The number of benzene rings is 4. The molecule has 0 radical (unpaired) electrons. The number of fused-ring (bicyclic) bond motifs is 2. The normalized spacial score (nSPS) is 12.3. The molecule has 8 nitrogen and oxygen atoms in total. The van der Waals surface area contributed by atoms with E-state index in [0.29, 0.717) is 23.3 Å². The lowest BCUT2D eigenvalue weighted by Crippen LogP contribution is -2.20. The van der Waals surface area contributed by atoms with Crippen LogP contribution < -0.4 is 19.8 Å². The summed E-state index contributed by atoms with van der Waals surface area (Å²) in [5.41, 5.74) is 6.18. The van der Waals surface area contributed by atoms with E-state index in [-0.39, 0.29) is 12.4 Å². The third-order valence-electron chi connectivity index (χ3n) is 7.51. The van der Waals surface area contributed by atoms with E-state index >= 15 is 0 Å². The Bertz CT molecular complexity index is 2040. The highest BCUT2D eigenvalue weighted by Gasteiger charge is 2.15. The molecule has 0 spiro atoms. The molecule has 1 aliphatic heterocycles. The molecule has 0 atom stereocenters. The summed E-state index contributed by atoms with van der Waals surface area (Å²) in [6.45, 7) is 4.76. The SMILES string of the molecule is Cc1cc(C=Nn2c(-c3ccccc3)nc3ccccc3c2=O)c(C)n1-c1ccc(OCc2ccc3c(c2)OCO3)cc1.